The molecular weight excluding hydrogens is 245 g/mol. The monoisotopic (exact) mass is 263 g/mol. The van der Waals surface area contributed by atoms with Gasteiger partial charge in [-0.15, -0.1) is 0 Å². The largest absolute Gasteiger partial charge is 0.389 e. The summed E-state index contributed by atoms with van der Waals surface area (Å²) in [6.07, 6.45) is 3.02. The molecule has 0 spiro atoms. The molecule has 102 valence electrons. The maximum absolute atomic E-state index is 13.3. The van der Waals surface area contributed by atoms with Gasteiger partial charge in [0.1, 0.15) is 5.82 Å². The molecule has 1 aromatic carbocycles. The molecule has 0 fully saturated rings. The summed E-state index contributed by atoms with van der Waals surface area (Å²) in [6.45, 7) is 2.29. The lowest BCUT2D eigenvalue weighted by Gasteiger charge is -2.23. The summed E-state index contributed by atoms with van der Waals surface area (Å²) >= 11 is 0. The molecule has 5 heteroatoms. The Morgan fingerprint density at radius 2 is 2.21 bits per heavy atom. The Balaban J connectivity index is 2.25. The van der Waals surface area contributed by atoms with Gasteiger partial charge in [0.25, 0.3) is 0 Å². The first kappa shape index (κ1) is 13.5. The number of hydrogen-bond acceptors (Lipinski definition) is 3. The molecule has 4 nitrogen and oxygen atoms in total. The van der Waals surface area contributed by atoms with Gasteiger partial charge in [-0.1, -0.05) is 0 Å². The van der Waals surface area contributed by atoms with Crippen molar-refractivity contribution in [2.45, 2.75) is 19.6 Å². The smallest absolute Gasteiger partial charge is 0.123 e. The van der Waals surface area contributed by atoms with Gasteiger partial charge in [0, 0.05) is 43.7 Å². The predicted molar refractivity (Wildman–Crippen MR) is 72.3 cm³/mol. The van der Waals surface area contributed by atoms with E-state index in [-0.39, 0.29) is 5.82 Å². The van der Waals surface area contributed by atoms with Crippen molar-refractivity contribution in [3.05, 3.63) is 47.5 Å². The number of benzene rings is 1. The standard InChI is InChI=1S/C14H18FN3O/c1-10(19)13-6-12(15)4-5-14(13)17(2)8-11-7-16-18(3)9-11/h4-7,9-10,19H,8H2,1-3H3/t10-/m1/s1. The lowest BCUT2D eigenvalue weighted by atomic mass is 10.1. The number of nitrogens with zero attached hydrogens (tertiary/aromatic N) is 3. The molecule has 0 saturated heterocycles. The van der Waals surface area contributed by atoms with E-state index in [1.165, 1.54) is 12.1 Å². The maximum atomic E-state index is 13.3. The topological polar surface area (TPSA) is 41.3 Å². The van der Waals surface area contributed by atoms with E-state index in [0.717, 1.165) is 11.3 Å². The van der Waals surface area contributed by atoms with E-state index in [0.29, 0.717) is 12.1 Å². The normalized spacial score (nSPS) is 12.5. The number of aliphatic hydroxyl groups excluding tert-OH is 1. The molecule has 0 radical (unpaired) electrons. The van der Waals surface area contributed by atoms with Crippen molar-refractivity contribution in [1.29, 1.82) is 0 Å². The van der Waals surface area contributed by atoms with Crippen LogP contribution in [-0.4, -0.2) is 21.9 Å². The third-order valence-electron chi connectivity index (χ3n) is 3.03. The van der Waals surface area contributed by atoms with Crippen molar-refractivity contribution in [2.24, 2.45) is 7.05 Å². The molecule has 0 unspecified atom stereocenters. The molecular formula is C14H18FN3O. The van der Waals surface area contributed by atoms with Crippen molar-refractivity contribution >= 4 is 5.69 Å². The van der Waals surface area contributed by atoms with Crippen LogP contribution < -0.4 is 4.90 Å². The molecule has 0 aliphatic heterocycles. The van der Waals surface area contributed by atoms with Crippen LogP contribution in [-0.2, 0) is 13.6 Å². The summed E-state index contributed by atoms with van der Waals surface area (Å²) in [6, 6.07) is 4.47. The lowest BCUT2D eigenvalue weighted by molar-refractivity contribution is 0.199. The molecule has 1 N–H and O–H groups in total. The highest BCUT2D eigenvalue weighted by Crippen LogP contribution is 2.27. The van der Waals surface area contributed by atoms with Gasteiger partial charge >= 0.3 is 0 Å². The SMILES string of the molecule is C[C@@H](O)c1cc(F)ccc1N(C)Cc1cnn(C)c1. The Morgan fingerprint density at radius 3 is 2.79 bits per heavy atom. The summed E-state index contributed by atoms with van der Waals surface area (Å²) in [4.78, 5) is 1.97. The van der Waals surface area contributed by atoms with E-state index in [1.54, 1.807) is 23.9 Å². The minimum Gasteiger partial charge on any atom is -0.389 e. The molecule has 1 heterocycles. The average molecular weight is 263 g/mol. The molecule has 19 heavy (non-hydrogen) atoms. The fourth-order valence-electron chi connectivity index (χ4n) is 2.12. The molecule has 2 aromatic rings. The van der Waals surface area contributed by atoms with Crippen molar-refractivity contribution in [1.82, 2.24) is 9.78 Å². The van der Waals surface area contributed by atoms with Gasteiger partial charge in [-0.2, -0.15) is 5.10 Å². The number of aryl methyl sites for hydroxylation is 1. The van der Waals surface area contributed by atoms with E-state index < -0.39 is 6.10 Å². The first-order valence-corrected chi connectivity index (χ1v) is 6.13. The number of aromatic nitrogens is 2. The van der Waals surface area contributed by atoms with E-state index in [1.807, 2.05) is 25.2 Å². The van der Waals surface area contributed by atoms with Crippen LogP contribution in [0.15, 0.2) is 30.6 Å². The molecule has 1 atom stereocenters. The number of aliphatic hydroxyl groups is 1. The second-order valence-corrected chi connectivity index (χ2v) is 4.76. The summed E-state index contributed by atoms with van der Waals surface area (Å²) in [5.74, 6) is -0.338. The van der Waals surface area contributed by atoms with Gasteiger partial charge in [0.05, 0.1) is 12.3 Å². The van der Waals surface area contributed by atoms with Gasteiger partial charge in [-0.3, -0.25) is 4.68 Å². The first-order valence-electron chi connectivity index (χ1n) is 6.13. The van der Waals surface area contributed by atoms with Gasteiger partial charge in [-0.25, -0.2) is 4.39 Å². The van der Waals surface area contributed by atoms with Crippen LogP contribution in [0, 0.1) is 5.82 Å². The van der Waals surface area contributed by atoms with Crippen molar-refractivity contribution in [2.75, 3.05) is 11.9 Å². The number of rotatable bonds is 4. The Bertz CT molecular complexity index is 566. The molecule has 0 saturated carbocycles. The summed E-state index contributed by atoms with van der Waals surface area (Å²) in [5, 5.41) is 13.9. The van der Waals surface area contributed by atoms with Crippen molar-refractivity contribution < 1.29 is 9.50 Å². The molecule has 0 bridgehead atoms. The van der Waals surface area contributed by atoms with E-state index in [9.17, 15) is 9.50 Å². The zero-order valence-electron chi connectivity index (χ0n) is 11.3. The highest BCUT2D eigenvalue weighted by atomic mass is 19.1. The predicted octanol–water partition coefficient (Wildman–Crippen LogP) is 2.25. The van der Waals surface area contributed by atoms with Crippen molar-refractivity contribution in [3.8, 4) is 0 Å². The van der Waals surface area contributed by atoms with Crippen LogP contribution in [0.1, 0.15) is 24.2 Å². The number of halogens is 1. The minimum absolute atomic E-state index is 0.338. The van der Waals surface area contributed by atoms with Crippen LogP contribution in [0.2, 0.25) is 0 Å². The zero-order valence-corrected chi connectivity index (χ0v) is 11.3. The third kappa shape index (κ3) is 3.12. The molecule has 2 rings (SSSR count). The van der Waals surface area contributed by atoms with Crippen LogP contribution in [0.3, 0.4) is 0 Å². The number of hydrogen-bond donors (Lipinski definition) is 1. The molecule has 1 aromatic heterocycles. The Labute approximate surface area is 112 Å². The quantitative estimate of drug-likeness (QED) is 0.920. The van der Waals surface area contributed by atoms with Gasteiger partial charge in [-0.05, 0) is 25.1 Å². The summed E-state index contributed by atoms with van der Waals surface area (Å²) in [5.41, 5.74) is 2.47. The lowest BCUT2D eigenvalue weighted by Crippen LogP contribution is -2.18. The van der Waals surface area contributed by atoms with Crippen LogP contribution in [0.4, 0.5) is 10.1 Å². The van der Waals surface area contributed by atoms with E-state index in [2.05, 4.69) is 5.10 Å². The Morgan fingerprint density at radius 1 is 1.47 bits per heavy atom. The molecule has 0 aliphatic rings. The minimum atomic E-state index is -0.706. The van der Waals surface area contributed by atoms with Crippen LogP contribution in [0.5, 0.6) is 0 Å². The Kier molecular flexibility index (Phi) is 3.85. The Hall–Kier alpha value is -1.88. The summed E-state index contributed by atoms with van der Waals surface area (Å²) in [7, 11) is 3.77. The summed E-state index contributed by atoms with van der Waals surface area (Å²) < 4.78 is 15.0. The third-order valence-corrected chi connectivity index (χ3v) is 3.03. The fourth-order valence-corrected chi connectivity index (χ4v) is 2.12. The molecule has 0 amide bonds. The highest BCUT2D eigenvalue weighted by molar-refractivity contribution is 5.54. The van der Waals surface area contributed by atoms with Gasteiger partial charge in [0.2, 0.25) is 0 Å². The van der Waals surface area contributed by atoms with E-state index >= 15 is 0 Å². The average Bonchev–Trinajstić information content (AvgIpc) is 2.74. The van der Waals surface area contributed by atoms with Crippen LogP contribution >= 0.6 is 0 Å². The van der Waals surface area contributed by atoms with Gasteiger partial charge in [0.15, 0.2) is 0 Å². The van der Waals surface area contributed by atoms with Crippen LogP contribution in [0.25, 0.3) is 0 Å². The first-order chi connectivity index (χ1) is 8.97. The number of anilines is 1. The van der Waals surface area contributed by atoms with Crippen molar-refractivity contribution in [3.63, 3.8) is 0 Å². The maximum Gasteiger partial charge on any atom is 0.123 e. The fraction of sp³-hybridized carbons (Fsp3) is 0.357. The molecule has 0 aliphatic carbocycles. The van der Waals surface area contributed by atoms with Gasteiger partial charge < -0.3 is 10.0 Å². The second kappa shape index (κ2) is 5.40. The van der Waals surface area contributed by atoms with E-state index in [4.69, 9.17) is 0 Å². The zero-order chi connectivity index (χ0) is 14.0. The highest BCUT2D eigenvalue weighted by Gasteiger charge is 2.13. The second-order valence-electron chi connectivity index (χ2n) is 4.76.